The van der Waals surface area contributed by atoms with Crippen molar-refractivity contribution in [1.29, 1.82) is 10.5 Å². The lowest BCUT2D eigenvalue weighted by atomic mass is 10.2. The van der Waals surface area contributed by atoms with E-state index in [1.807, 2.05) is 30.3 Å². The van der Waals surface area contributed by atoms with E-state index in [0.717, 1.165) is 0 Å². The summed E-state index contributed by atoms with van der Waals surface area (Å²) in [5.41, 5.74) is 1.18. The van der Waals surface area contributed by atoms with Crippen LogP contribution in [0.15, 0.2) is 54.7 Å². The van der Waals surface area contributed by atoms with E-state index in [1.165, 1.54) is 0 Å². The molecule has 3 heteroatoms. The summed E-state index contributed by atoms with van der Waals surface area (Å²) in [4.78, 5) is 3.74. The van der Waals surface area contributed by atoms with E-state index < -0.39 is 0 Å². The topological polar surface area (TPSA) is 60.5 Å². The Bertz CT molecular complexity index is 443. The molecule has 0 spiro atoms. The van der Waals surface area contributed by atoms with Crippen molar-refractivity contribution in [3.8, 4) is 12.1 Å². The van der Waals surface area contributed by atoms with Crippen LogP contribution in [0, 0.1) is 22.7 Å². The van der Waals surface area contributed by atoms with Gasteiger partial charge in [-0.1, -0.05) is 24.3 Å². The highest BCUT2D eigenvalue weighted by atomic mass is 14.7. The third kappa shape index (κ3) is 4.04. The van der Waals surface area contributed by atoms with Crippen LogP contribution in [-0.4, -0.2) is 4.98 Å². The predicted octanol–water partition coefficient (Wildman–Crippen LogP) is 2.51. The first-order valence-electron chi connectivity index (χ1n) is 4.63. The first-order valence-corrected chi connectivity index (χ1v) is 4.63. The van der Waals surface area contributed by atoms with E-state index in [4.69, 9.17) is 10.5 Å². The lowest BCUT2D eigenvalue weighted by molar-refractivity contribution is 1.26. The van der Waals surface area contributed by atoms with E-state index in [1.54, 1.807) is 36.5 Å². The molecule has 0 amide bonds. The first kappa shape index (κ1) is 11.4. The van der Waals surface area contributed by atoms with Gasteiger partial charge in [-0.15, -0.1) is 0 Å². The van der Waals surface area contributed by atoms with Crippen LogP contribution < -0.4 is 0 Å². The average molecular weight is 207 g/mol. The van der Waals surface area contributed by atoms with Gasteiger partial charge in [0.2, 0.25) is 0 Å². The smallest absolute Gasteiger partial charge is 0.140 e. The molecule has 0 saturated heterocycles. The normalized spacial score (nSPS) is 7.88. The second-order valence-corrected chi connectivity index (χ2v) is 2.80. The Balaban J connectivity index is 0.000000160. The van der Waals surface area contributed by atoms with E-state index in [9.17, 15) is 0 Å². The van der Waals surface area contributed by atoms with E-state index >= 15 is 0 Å². The first-order chi connectivity index (χ1) is 7.86. The highest BCUT2D eigenvalue weighted by Crippen LogP contribution is 1.93. The molecule has 0 saturated carbocycles. The van der Waals surface area contributed by atoms with Crippen LogP contribution in [0.1, 0.15) is 11.3 Å². The molecule has 16 heavy (non-hydrogen) atoms. The van der Waals surface area contributed by atoms with Crippen molar-refractivity contribution < 1.29 is 0 Å². The third-order valence-corrected chi connectivity index (χ3v) is 1.68. The Hall–Kier alpha value is -2.65. The van der Waals surface area contributed by atoms with Gasteiger partial charge in [-0.2, -0.15) is 10.5 Å². The Morgan fingerprint density at radius 1 is 0.812 bits per heavy atom. The quantitative estimate of drug-likeness (QED) is 0.666. The molecule has 3 nitrogen and oxygen atoms in total. The highest BCUT2D eigenvalue weighted by molar-refractivity contribution is 5.27. The monoisotopic (exact) mass is 207 g/mol. The molecule has 0 radical (unpaired) electrons. The molecule has 1 aromatic heterocycles. The van der Waals surface area contributed by atoms with Gasteiger partial charge >= 0.3 is 0 Å². The lowest BCUT2D eigenvalue weighted by Crippen LogP contribution is -1.75. The van der Waals surface area contributed by atoms with Gasteiger partial charge in [0.25, 0.3) is 0 Å². The predicted molar refractivity (Wildman–Crippen MR) is 60.1 cm³/mol. The summed E-state index contributed by atoms with van der Waals surface area (Å²) >= 11 is 0. The van der Waals surface area contributed by atoms with Crippen LogP contribution in [0.3, 0.4) is 0 Å². The molecule has 0 aliphatic heterocycles. The van der Waals surface area contributed by atoms with Crippen molar-refractivity contribution in [2.24, 2.45) is 0 Å². The van der Waals surface area contributed by atoms with Crippen molar-refractivity contribution in [3.05, 3.63) is 66.0 Å². The summed E-state index contributed by atoms with van der Waals surface area (Å²) in [6.07, 6.45) is 1.60. The van der Waals surface area contributed by atoms with E-state index in [-0.39, 0.29) is 0 Å². The maximum atomic E-state index is 8.29. The maximum absolute atomic E-state index is 8.29. The molecule has 0 aliphatic carbocycles. The minimum absolute atomic E-state index is 0.465. The molecule has 0 bridgehead atoms. The highest BCUT2D eigenvalue weighted by Gasteiger charge is 1.81. The Kier molecular flexibility index (Phi) is 4.82. The fraction of sp³-hybridized carbons (Fsp3) is 0. The van der Waals surface area contributed by atoms with Crippen molar-refractivity contribution in [2.75, 3.05) is 0 Å². The number of rotatable bonds is 0. The number of benzene rings is 1. The van der Waals surface area contributed by atoms with Gasteiger partial charge in [0.05, 0.1) is 11.6 Å². The van der Waals surface area contributed by atoms with Crippen LogP contribution in [0.4, 0.5) is 0 Å². The maximum Gasteiger partial charge on any atom is 0.140 e. The Morgan fingerprint density at radius 2 is 1.50 bits per heavy atom. The molecule has 2 rings (SSSR count). The molecule has 0 atom stereocenters. The second kappa shape index (κ2) is 6.75. The summed E-state index contributed by atoms with van der Waals surface area (Å²) in [6, 6.07) is 18.3. The average Bonchev–Trinajstić information content (AvgIpc) is 2.41. The summed E-state index contributed by atoms with van der Waals surface area (Å²) in [7, 11) is 0. The van der Waals surface area contributed by atoms with Gasteiger partial charge in [0.15, 0.2) is 0 Å². The number of nitriles is 2. The van der Waals surface area contributed by atoms with Gasteiger partial charge in [0.1, 0.15) is 11.8 Å². The standard InChI is InChI=1S/C7H5N.C6H4N2/c8-6-7-4-2-1-3-5-7;7-5-6-3-1-2-4-8-6/h1-5H;1-4H. The van der Waals surface area contributed by atoms with Crippen molar-refractivity contribution in [3.63, 3.8) is 0 Å². The van der Waals surface area contributed by atoms with Gasteiger partial charge < -0.3 is 0 Å². The van der Waals surface area contributed by atoms with Crippen molar-refractivity contribution in [1.82, 2.24) is 4.98 Å². The van der Waals surface area contributed by atoms with Crippen molar-refractivity contribution in [2.45, 2.75) is 0 Å². The minimum Gasteiger partial charge on any atom is -0.246 e. The number of hydrogen-bond acceptors (Lipinski definition) is 3. The summed E-state index contributed by atoms with van der Waals surface area (Å²) in [5, 5.41) is 16.5. The zero-order valence-corrected chi connectivity index (χ0v) is 8.54. The van der Waals surface area contributed by atoms with E-state index in [2.05, 4.69) is 4.98 Å². The van der Waals surface area contributed by atoms with Gasteiger partial charge in [-0.3, -0.25) is 0 Å². The fourth-order valence-corrected chi connectivity index (χ4v) is 0.942. The molecule has 76 valence electrons. The largest absolute Gasteiger partial charge is 0.246 e. The molecule has 0 aliphatic rings. The molecule has 2 aromatic rings. The number of aromatic nitrogens is 1. The SMILES string of the molecule is N#Cc1ccccc1.N#Cc1ccccn1. The Labute approximate surface area is 94.2 Å². The molecular formula is C13H9N3. The van der Waals surface area contributed by atoms with Crippen LogP contribution >= 0.6 is 0 Å². The van der Waals surface area contributed by atoms with Crippen LogP contribution in [0.25, 0.3) is 0 Å². The molecule has 1 aromatic carbocycles. The number of nitrogens with zero attached hydrogens (tertiary/aromatic N) is 3. The lowest BCUT2D eigenvalue weighted by Gasteiger charge is -1.80. The van der Waals surface area contributed by atoms with Gasteiger partial charge in [-0.25, -0.2) is 4.98 Å². The second-order valence-electron chi connectivity index (χ2n) is 2.80. The Morgan fingerprint density at radius 3 is 1.88 bits per heavy atom. The molecule has 0 unspecified atom stereocenters. The molecule has 0 fully saturated rings. The van der Waals surface area contributed by atoms with Gasteiger partial charge in [-0.05, 0) is 24.3 Å². The molecular weight excluding hydrogens is 198 g/mol. The van der Waals surface area contributed by atoms with Crippen LogP contribution in [-0.2, 0) is 0 Å². The van der Waals surface area contributed by atoms with Gasteiger partial charge in [0, 0.05) is 6.20 Å². The van der Waals surface area contributed by atoms with E-state index in [0.29, 0.717) is 11.3 Å². The van der Waals surface area contributed by atoms with Crippen molar-refractivity contribution >= 4 is 0 Å². The molecule has 1 heterocycles. The fourth-order valence-electron chi connectivity index (χ4n) is 0.942. The summed E-state index contributed by atoms with van der Waals surface area (Å²) in [6.45, 7) is 0. The zero-order chi connectivity index (χ0) is 11.6. The zero-order valence-electron chi connectivity index (χ0n) is 8.54. The summed E-state index contributed by atoms with van der Waals surface area (Å²) in [5.74, 6) is 0. The number of pyridine rings is 1. The molecule has 0 N–H and O–H groups in total. The summed E-state index contributed by atoms with van der Waals surface area (Å²) < 4.78 is 0. The number of hydrogen-bond donors (Lipinski definition) is 0. The van der Waals surface area contributed by atoms with Crippen LogP contribution in [0.5, 0.6) is 0 Å². The minimum atomic E-state index is 0.465. The van der Waals surface area contributed by atoms with Crippen LogP contribution in [0.2, 0.25) is 0 Å². The third-order valence-electron chi connectivity index (χ3n) is 1.68.